The van der Waals surface area contributed by atoms with Crippen molar-refractivity contribution in [2.24, 2.45) is 0 Å². The second kappa shape index (κ2) is 7.36. The first-order valence-electron chi connectivity index (χ1n) is 9.66. The highest BCUT2D eigenvalue weighted by atomic mass is 31.2. The summed E-state index contributed by atoms with van der Waals surface area (Å²) >= 11 is 0. The van der Waals surface area contributed by atoms with Crippen LogP contribution in [0.3, 0.4) is 0 Å². The predicted octanol–water partition coefficient (Wildman–Crippen LogP) is 6.84. The van der Waals surface area contributed by atoms with E-state index in [1.807, 2.05) is 0 Å². The van der Waals surface area contributed by atoms with Crippen molar-refractivity contribution in [2.75, 3.05) is 0 Å². The van der Waals surface area contributed by atoms with Gasteiger partial charge < -0.3 is 0 Å². The Labute approximate surface area is 167 Å². The molecule has 4 aromatic carbocycles. The van der Waals surface area contributed by atoms with Crippen LogP contribution in [-0.2, 0) is 9.68 Å². The van der Waals surface area contributed by atoms with E-state index in [9.17, 15) is 0 Å². The Kier molecular flexibility index (Phi) is 4.56. The fourth-order valence-electron chi connectivity index (χ4n) is 4.22. The van der Waals surface area contributed by atoms with E-state index in [1.165, 1.54) is 22.3 Å². The molecule has 2 unspecified atom stereocenters. The predicted molar refractivity (Wildman–Crippen MR) is 118 cm³/mol. The fraction of sp³-hybridized carbons (Fsp3) is 0.0769. The third-order valence-corrected chi connectivity index (χ3v) is 8.31. The maximum Gasteiger partial charge on any atom is 0.256 e. The van der Waals surface area contributed by atoms with E-state index >= 15 is 0 Å². The molecule has 2 heteroatoms. The van der Waals surface area contributed by atoms with E-state index in [0.29, 0.717) is 0 Å². The highest BCUT2D eigenvalue weighted by Crippen LogP contribution is 2.83. The van der Waals surface area contributed by atoms with Gasteiger partial charge in [-0.05, 0) is 0 Å². The Hall–Kier alpha value is -2.73. The van der Waals surface area contributed by atoms with Crippen molar-refractivity contribution < 1.29 is 4.52 Å². The minimum absolute atomic E-state index is 0.187. The smallest absolute Gasteiger partial charge is 0.185 e. The van der Waals surface area contributed by atoms with Gasteiger partial charge in [0.25, 0.3) is 5.85 Å². The molecule has 1 nitrogen and oxygen atoms in total. The molecule has 1 heterocycles. The second-order valence-corrected chi connectivity index (χ2v) is 9.36. The monoisotopic (exact) mass is 381 g/mol. The summed E-state index contributed by atoms with van der Waals surface area (Å²) in [4.78, 5) is 0. The molecule has 0 bridgehead atoms. The minimum atomic E-state index is -1.23. The summed E-state index contributed by atoms with van der Waals surface area (Å²) in [6.45, 7) is 0. The molecular formula is C26H22OP+. The van der Waals surface area contributed by atoms with Crippen LogP contribution >= 0.6 is 8.15 Å². The number of rotatable bonds is 5. The van der Waals surface area contributed by atoms with Gasteiger partial charge in [0, 0.05) is 22.3 Å². The fourth-order valence-corrected chi connectivity index (χ4v) is 7.13. The lowest BCUT2D eigenvalue weighted by atomic mass is 9.84. The summed E-state index contributed by atoms with van der Waals surface area (Å²) in [7, 11) is -1.23. The zero-order chi connectivity index (χ0) is 18.8. The van der Waals surface area contributed by atoms with Crippen molar-refractivity contribution in [1.29, 1.82) is 0 Å². The molecule has 0 aromatic heterocycles. The van der Waals surface area contributed by atoms with E-state index in [2.05, 4.69) is 121 Å². The van der Waals surface area contributed by atoms with Crippen molar-refractivity contribution in [1.82, 2.24) is 0 Å². The summed E-state index contributed by atoms with van der Waals surface area (Å²) in [6.07, 6.45) is 0. The van der Waals surface area contributed by atoms with E-state index in [4.69, 9.17) is 4.52 Å². The number of benzene rings is 4. The van der Waals surface area contributed by atoms with E-state index in [0.717, 1.165) is 0 Å². The molecule has 1 aliphatic heterocycles. The lowest BCUT2D eigenvalue weighted by Crippen LogP contribution is -2.24. The Bertz CT molecular complexity index is 936. The lowest BCUT2D eigenvalue weighted by molar-refractivity contribution is 0.467. The van der Waals surface area contributed by atoms with Crippen LogP contribution in [0.5, 0.6) is 0 Å². The van der Waals surface area contributed by atoms with Gasteiger partial charge in [-0.2, -0.15) is 4.52 Å². The van der Waals surface area contributed by atoms with Gasteiger partial charge >= 0.3 is 0 Å². The summed E-state index contributed by atoms with van der Waals surface area (Å²) in [5.74, 6) is 0.187. The Morgan fingerprint density at radius 1 is 0.500 bits per heavy atom. The zero-order valence-electron chi connectivity index (χ0n) is 15.5. The van der Waals surface area contributed by atoms with Crippen molar-refractivity contribution in [2.45, 2.75) is 11.0 Å². The highest BCUT2D eigenvalue weighted by Gasteiger charge is 2.67. The van der Waals surface area contributed by atoms with Crippen molar-refractivity contribution in [3.8, 4) is 0 Å². The van der Waals surface area contributed by atoms with Gasteiger partial charge in [0.2, 0.25) is 0 Å². The number of hydrogen-bond donors (Lipinski definition) is 0. The Morgan fingerprint density at radius 2 is 0.857 bits per heavy atom. The maximum absolute atomic E-state index is 6.53. The summed E-state index contributed by atoms with van der Waals surface area (Å²) in [5, 5.41) is -0.255. The van der Waals surface area contributed by atoms with E-state index in [1.54, 1.807) is 0 Å². The largest absolute Gasteiger partial charge is 0.256 e. The van der Waals surface area contributed by atoms with Crippen molar-refractivity contribution >= 4 is 8.15 Å². The van der Waals surface area contributed by atoms with Crippen molar-refractivity contribution in [3.63, 3.8) is 0 Å². The minimum Gasteiger partial charge on any atom is -0.185 e. The standard InChI is InChI=1S/C26H21OP/c1-5-13-21(14-6-1)25-27-28(25)26(22-15-7-2-8-16-22,23-17-9-3-10-18-23)24-19-11-4-12-20-24/h1-20,25H/p+1. The summed E-state index contributed by atoms with van der Waals surface area (Å²) in [6, 6.07) is 43.2. The summed E-state index contributed by atoms with van der Waals surface area (Å²) < 4.78 is 6.53. The quantitative estimate of drug-likeness (QED) is 0.209. The van der Waals surface area contributed by atoms with E-state index in [-0.39, 0.29) is 11.0 Å². The van der Waals surface area contributed by atoms with Crippen LogP contribution in [-0.4, -0.2) is 0 Å². The van der Waals surface area contributed by atoms with Gasteiger partial charge in [-0.3, -0.25) is 0 Å². The molecule has 0 saturated carbocycles. The van der Waals surface area contributed by atoms with Crippen molar-refractivity contribution in [3.05, 3.63) is 144 Å². The lowest BCUT2D eigenvalue weighted by Gasteiger charge is -2.29. The van der Waals surface area contributed by atoms with Gasteiger partial charge in [-0.25, -0.2) is 0 Å². The van der Waals surface area contributed by atoms with E-state index < -0.39 is 8.15 Å². The molecule has 28 heavy (non-hydrogen) atoms. The van der Waals surface area contributed by atoms with Gasteiger partial charge in [0.15, 0.2) is 13.3 Å². The molecule has 2 atom stereocenters. The number of hydrogen-bond acceptors (Lipinski definition) is 1. The molecule has 0 N–H and O–H groups in total. The molecule has 0 amide bonds. The molecule has 0 spiro atoms. The second-order valence-electron chi connectivity index (χ2n) is 7.12. The van der Waals surface area contributed by atoms with Gasteiger partial charge in [0.1, 0.15) is 0 Å². The molecule has 4 aromatic rings. The maximum atomic E-state index is 6.53. The van der Waals surface area contributed by atoms with Crippen LogP contribution in [0.4, 0.5) is 0 Å². The third kappa shape index (κ3) is 2.88. The van der Waals surface area contributed by atoms with Gasteiger partial charge in [-0.15, -0.1) is 0 Å². The SMILES string of the molecule is c1ccc(C2O[PH+]2C(c2ccccc2)(c2ccccc2)c2ccccc2)cc1. The van der Waals surface area contributed by atoms with Crippen LogP contribution in [0.1, 0.15) is 28.1 Å². The Balaban J connectivity index is 1.74. The first kappa shape index (κ1) is 17.4. The molecule has 1 saturated heterocycles. The molecule has 136 valence electrons. The highest BCUT2D eigenvalue weighted by molar-refractivity contribution is 7.60. The average Bonchev–Trinajstić information content (AvgIpc) is 3.58. The molecule has 1 fully saturated rings. The summed E-state index contributed by atoms with van der Waals surface area (Å²) in [5.41, 5.74) is 5.20. The average molecular weight is 381 g/mol. The molecule has 0 radical (unpaired) electrons. The normalized spacial score (nSPS) is 18.6. The van der Waals surface area contributed by atoms with Crippen LogP contribution in [0.2, 0.25) is 0 Å². The molecular weight excluding hydrogens is 359 g/mol. The van der Waals surface area contributed by atoms with Crippen LogP contribution in [0.25, 0.3) is 0 Å². The Morgan fingerprint density at radius 3 is 1.25 bits per heavy atom. The van der Waals surface area contributed by atoms with Gasteiger partial charge in [-0.1, -0.05) is 121 Å². The molecule has 0 aliphatic carbocycles. The molecule has 1 aliphatic rings. The molecule has 5 rings (SSSR count). The van der Waals surface area contributed by atoms with Crippen LogP contribution in [0, 0.1) is 0 Å². The van der Waals surface area contributed by atoms with Crippen LogP contribution in [0.15, 0.2) is 121 Å². The topological polar surface area (TPSA) is 12.5 Å². The third-order valence-electron chi connectivity index (χ3n) is 5.52. The van der Waals surface area contributed by atoms with Crippen LogP contribution < -0.4 is 0 Å². The zero-order valence-corrected chi connectivity index (χ0v) is 16.5. The first-order chi connectivity index (χ1) is 13.9. The first-order valence-corrected chi connectivity index (χ1v) is 11.1. The van der Waals surface area contributed by atoms with Gasteiger partial charge in [0.05, 0.1) is 0 Å².